The first-order valence-corrected chi connectivity index (χ1v) is 11.3. The molecule has 0 atom stereocenters. The molecule has 1 aliphatic rings. The molecule has 2 aromatic heterocycles. The van der Waals surface area contributed by atoms with Gasteiger partial charge >= 0.3 is 5.97 Å². The zero-order valence-electron chi connectivity index (χ0n) is 19.9. The summed E-state index contributed by atoms with van der Waals surface area (Å²) in [5, 5.41) is 4.06. The van der Waals surface area contributed by atoms with Gasteiger partial charge in [-0.05, 0) is 69.0 Å². The average molecular weight is 464 g/mol. The van der Waals surface area contributed by atoms with Gasteiger partial charge < -0.3 is 18.9 Å². The lowest BCUT2D eigenvalue weighted by Gasteiger charge is -2.22. The van der Waals surface area contributed by atoms with E-state index in [1.54, 1.807) is 18.1 Å². The van der Waals surface area contributed by atoms with E-state index in [1.807, 2.05) is 61.7 Å². The summed E-state index contributed by atoms with van der Waals surface area (Å²) in [6.45, 7) is 5.93. The second-order valence-corrected chi connectivity index (χ2v) is 8.50. The summed E-state index contributed by atoms with van der Waals surface area (Å²) >= 11 is 0. The van der Waals surface area contributed by atoms with Crippen molar-refractivity contribution in [3.63, 3.8) is 0 Å². The first kappa shape index (κ1) is 23.4. The third kappa shape index (κ3) is 5.39. The second-order valence-electron chi connectivity index (χ2n) is 8.50. The molecule has 178 valence electrons. The van der Waals surface area contributed by atoms with Gasteiger partial charge in [-0.2, -0.15) is 0 Å². The summed E-state index contributed by atoms with van der Waals surface area (Å²) in [7, 11) is 1.62. The van der Waals surface area contributed by atoms with E-state index in [2.05, 4.69) is 5.16 Å². The number of amides is 1. The van der Waals surface area contributed by atoms with Gasteiger partial charge in [0.2, 0.25) is 0 Å². The zero-order chi connectivity index (χ0) is 24.2. The molecule has 1 saturated carbocycles. The van der Waals surface area contributed by atoms with Gasteiger partial charge in [0.15, 0.2) is 12.4 Å². The highest BCUT2D eigenvalue weighted by Crippen LogP contribution is 2.29. The minimum atomic E-state index is -0.560. The van der Waals surface area contributed by atoms with Crippen LogP contribution in [0.15, 0.2) is 47.0 Å². The Labute approximate surface area is 198 Å². The quantitative estimate of drug-likeness (QED) is 0.350. The molecule has 8 nitrogen and oxygen atoms in total. The minimum absolute atomic E-state index is 0.195. The first-order valence-electron chi connectivity index (χ1n) is 11.3. The van der Waals surface area contributed by atoms with Crippen molar-refractivity contribution in [2.24, 2.45) is 0 Å². The van der Waals surface area contributed by atoms with Crippen molar-refractivity contribution in [2.75, 3.05) is 13.7 Å². The Morgan fingerprint density at radius 3 is 2.53 bits per heavy atom. The van der Waals surface area contributed by atoms with Crippen LogP contribution in [0, 0.1) is 20.8 Å². The molecular weight excluding hydrogens is 434 g/mol. The Balaban J connectivity index is 1.35. The second kappa shape index (κ2) is 9.99. The number of ether oxygens (including phenoxy) is 2. The number of hydrogen-bond donors (Lipinski definition) is 0. The lowest BCUT2D eigenvalue weighted by Crippen LogP contribution is -2.35. The fourth-order valence-corrected chi connectivity index (χ4v) is 3.92. The number of methoxy groups -OCH3 is 1. The third-order valence-electron chi connectivity index (χ3n) is 5.87. The van der Waals surface area contributed by atoms with Crippen LogP contribution in [0.4, 0.5) is 0 Å². The van der Waals surface area contributed by atoms with Gasteiger partial charge in [-0.15, -0.1) is 0 Å². The predicted octanol–water partition coefficient (Wildman–Crippen LogP) is 4.15. The Morgan fingerprint density at radius 2 is 1.91 bits per heavy atom. The molecule has 0 saturated heterocycles. The van der Waals surface area contributed by atoms with Gasteiger partial charge in [0, 0.05) is 36.1 Å². The highest BCUT2D eigenvalue weighted by Gasteiger charge is 2.32. The van der Waals surface area contributed by atoms with Crippen LogP contribution < -0.4 is 4.74 Å². The maximum atomic E-state index is 12.8. The van der Waals surface area contributed by atoms with Crippen LogP contribution >= 0.6 is 0 Å². The molecule has 0 bridgehead atoms. The number of rotatable bonds is 9. The fraction of sp³-hybridized carbons (Fsp3) is 0.346. The van der Waals surface area contributed by atoms with Gasteiger partial charge in [-0.3, -0.25) is 9.36 Å². The average Bonchev–Trinajstić information content (AvgIpc) is 3.52. The van der Waals surface area contributed by atoms with E-state index < -0.39 is 5.97 Å². The monoisotopic (exact) mass is 463 g/mol. The van der Waals surface area contributed by atoms with E-state index in [-0.39, 0.29) is 18.6 Å². The number of carbonyl (C=O) groups excluding carboxylic acids is 2. The molecular formula is C26H29N3O5. The van der Waals surface area contributed by atoms with Gasteiger partial charge in [-0.1, -0.05) is 17.3 Å². The highest BCUT2D eigenvalue weighted by atomic mass is 16.5. The van der Waals surface area contributed by atoms with Crippen LogP contribution in [0.3, 0.4) is 0 Å². The Hall–Kier alpha value is -3.81. The van der Waals surface area contributed by atoms with Crippen molar-refractivity contribution in [1.29, 1.82) is 0 Å². The molecule has 1 aromatic carbocycles. The van der Waals surface area contributed by atoms with Crippen LogP contribution in [0.5, 0.6) is 5.75 Å². The molecule has 0 spiro atoms. The zero-order valence-corrected chi connectivity index (χ0v) is 19.9. The van der Waals surface area contributed by atoms with E-state index in [0.29, 0.717) is 12.4 Å². The molecule has 1 aliphatic carbocycles. The Bertz CT molecular complexity index is 1200. The fourth-order valence-electron chi connectivity index (χ4n) is 3.92. The van der Waals surface area contributed by atoms with Crippen LogP contribution in [-0.4, -0.2) is 46.3 Å². The number of benzene rings is 1. The number of nitrogens with zero attached hydrogens (tertiary/aromatic N) is 3. The molecule has 4 rings (SSSR count). The van der Waals surface area contributed by atoms with Crippen molar-refractivity contribution in [2.45, 2.75) is 46.2 Å². The predicted molar refractivity (Wildman–Crippen MR) is 127 cm³/mol. The number of hydrogen-bond acceptors (Lipinski definition) is 6. The smallest absolute Gasteiger partial charge is 0.331 e. The van der Waals surface area contributed by atoms with Crippen molar-refractivity contribution in [3.05, 3.63) is 70.7 Å². The van der Waals surface area contributed by atoms with Gasteiger partial charge in [0.05, 0.1) is 7.11 Å². The number of esters is 1. The number of aryl methyl sites for hydroxylation is 2. The maximum Gasteiger partial charge on any atom is 0.331 e. The molecule has 0 aliphatic heterocycles. The first-order chi connectivity index (χ1) is 16.4. The van der Waals surface area contributed by atoms with E-state index in [1.165, 1.54) is 6.08 Å². The summed E-state index contributed by atoms with van der Waals surface area (Å²) in [6, 6.07) is 11.6. The van der Waals surface area contributed by atoms with Crippen LogP contribution in [0.2, 0.25) is 0 Å². The van der Waals surface area contributed by atoms with Crippen LogP contribution in [0.25, 0.3) is 11.9 Å². The Kier molecular flexibility index (Phi) is 6.86. The van der Waals surface area contributed by atoms with Crippen molar-refractivity contribution >= 4 is 18.0 Å². The van der Waals surface area contributed by atoms with E-state index in [0.717, 1.165) is 46.9 Å². The van der Waals surface area contributed by atoms with Crippen LogP contribution in [-0.2, 0) is 20.9 Å². The number of carbonyl (C=O) groups is 2. The summed E-state index contributed by atoms with van der Waals surface area (Å²) in [5.74, 6) is 1.43. The van der Waals surface area contributed by atoms with E-state index in [4.69, 9.17) is 14.0 Å². The lowest BCUT2D eigenvalue weighted by atomic mass is 10.2. The normalized spacial score (nSPS) is 13.3. The summed E-state index contributed by atoms with van der Waals surface area (Å²) in [6.07, 6.45) is 4.97. The molecule has 0 unspecified atom stereocenters. The molecule has 0 N–H and O–H groups in total. The lowest BCUT2D eigenvalue weighted by molar-refractivity contribution is -0.148. The van der Waals surface area contributed by atoms with Gasteiger partial charge in [0.25, 0.3) is 5.91 Å². The van der Waals surface area contributed by atoms with Crippen molar-refractivity contribution < 1.29 is 23.6 Å². The van der Waals surface area contributed by atoms with E-state index in [9.17, 15) is 9.59 Å². The summed E-state index contributed by atoms with van der Waals surface area (Å²) in [4.78, 5) is 26.9. The van der Waals surface area contributed by atoms with Gasteiger partial charge in [-0.25, -0.2) is 4.79 Å². The molecule has 3 aromatic rings. The van der Waals surface area contributed by atoms with Crippen LogP contribution in [0.1, 0.15) is 41.1 Å². The standard InChI is InChI=1S/C26H29N3O5/c1-17-13-21(19(3)29(17)24-14-18(2)34-27-24)7-12-26(31)33-16-25(30)28(22-8-9-22)15-20-5-10-23(32-4)11-6-20/h5-7,10-14,22H,8-9,15-16H2,1-4H3/b12-7+. The topological polar surface area (TPSA) is 86.8 Å². The molecule has 0 radical (unpaired) electrons. The number of aromatic nitrogens is 2. The SMILES string of the molecule is COc1ccc(CN(C(=O)COC(=O)/C=C/c2cc(C)n(-c3cc(C)on3)c2C)C2CC2)cc1. The summed E-state index contributed by atoms with van der Waals surface area (Å²) < 4.78 is 17.6. The van der Waals surface area contributed by atoms with E-state index >= 15 is 0 Å². The van der Waals surface area contributed by atoms with Crippen molar-refractivity contribution in [1.82, 2.24) is 14.6 Å². The molecule has 1 amide bonds. The minimum Gasteiger partial charge on any atom is -0.497 e. The maximum absolute atomic E-state index is 12.8. The third-order valence-corrected chi connectivity index (χ3v) is 5.87. The molecule has 1 fully saturated rings. The summed E-state index contributed by atoms with van der Waals surface area (Å²) in [5.41, 5.74) is 3.75. The molecule has 2 heterocycles. The largest absolute Gasteiger partial charge is 0.497 e. The van der Waals surface area contributed by atoms with Crippen molar-refractivity contribution in [3.8, 4) is 11.6 Å². The Morgan fingerprint density at radius 1 is 1.18 bits per heavy atom. The van der Waals surface area contributed by atoms with Gasteiger partial charge in [0.1, 0.15) is 11.5 Å². The molecule has 34 heavy (non-hydrogen) atoms. The highest BCUT2D eigenvalue weighted by molar-refractivity contribution is 5.89. The molecule has 8 heteroatoms.